The van der Waals surface area contributed by atoms with Gasteiger partial charge in [-0.05, 0) is 67.1 Å². The van der Waals surface area contributed by atoms with Crippen LogP contribution in [0, 0.1) is 5.92 Å². The van der Waals surface area contributed by atoms with E-state index in [2.05, 4.69) is 5.32 Å². The van der Waals surface area contributed by atoms with Gasteiger partial charge in [-0.3, -0.25) is 0 Å². The lowest BCUT2D eigenvalue weighted by Gasteiger charge is -2.32. The van der Waals surface area contributed by atoms with Crippen molar-refractivity contribution in [2.45, 2.75) is 19.3 Å². The second-order valence-electron chi connectivity index (χ2n) is 6.55. The van der Waals surface area contributed by atoms with Crippen molar-refractivity contribution in [2.75, 3.05) is 25.0 Å². The summed E-state index contributed by atoms with van der Waals surface area (Å²) in [7, 11) is 0. The monoisotopic (exact) mass is 393 g/mol. The Hall–Kier alpha value is -1.75. The van der Waals surface area contributed by atoms with Gasteiger partial charge in [-0.1, -0.05) is 35.9 Å². The second kappa shape index (κ2) is 9.81. The number of carbonyl (C=O) groups is 1. The second-order valence-corrected chi connectivity index (χ2v) is 6.99. The van der Waals surface area contributed by atoms with Gasteiger partial charge in [0.25, 0.3) is 0 Å². The quantitative estimate of drug-likeness (QED) is 0.765. The molecule has 140 valence electrons. The average molecular weight is 394 g/mol. The smallest absolute Gasteiger partial charge is 0.321 e. The number of urea groups is 1. The van der Waals surface area contributed by atoms with Crippen molar-refractivity contribution in [3.8, 4) is 11.1 Å². The molecule has 0 saturated carbocycles. The summed E-state index contributed by atoms with van der Waals surface area (Å²) in [6, 6.07) is 15.5. The molecule has 1 heterocycles. The van der Waals surface area contributed by atoms with Crippen molar-refractivity contribution >= 4 is 35.7 Å². The van der Waals surface area contributed by atoms with Crippen LogP contribution in [-0.2, 0) is 0 Å². The van der Waals surface area contributed by atoms with Crippen LogP contribution in [-0.4, -0.2) is 30.6 Å². The zero-order valence-electron chi connectivity index (χ0n) is 14.7. The highest BCUT2D eigenvalue weighted by molar-refractivity contribution is 6.30. The number of halogens is 2. The van der Waals surface area contributed by atoms with Gasteiger partial charge in [0.05, 0.1) is 0 Å². The van der Waals surface area contributed by atoms with E-state index in [1.54, 1.807) is 0 Å². The fourth-order valence-electron chi connectivity index (χ4n) is 3.34. The number of carbonyl (C=O) groups excluding carboxylic acids is 1. The zero-order chi connectivity index (χ0) is 17.6. The van der Waals surface area contributed by atoms with Crippen LogP contribution < -0.4 is 11.1 Å². The molecule has 4 nitrogen and oxygen atoms in total. The zero-order valence-corrected chi connectivity index (χ0v) is 16.2. The molecular formula is C20H25Cl2N3O. The molecule has 2 aromatic carbocycles. The normalized spacial score (nSPS) is 16.7. The maximum Gasteiger partial charge on any atom is 0.321 e. The summed E-state index contributed by atoms with van der Waals surface area (Å²) in [5.74, 6) is 0.518. The van der Waals surface area contributed by atoms with Gasteiger partial charge in [0.1, 0.15) is 0 Å². The molecule has 0 bridgehead atoms. The summed E-state index contributed by atoms with van der Waals surface area (Å²) >= 11 is 5.95. The number of anilines is 1. The lowest BCUT2D eigenvalue weighted by molar-refractivity contribution is 0.175. The number of likely N-dealkylation sites (tertiary alicyclic amines) is 1. The van der Waals surface area contributed by atoms with Gasteiger partial charge in [0.15, 0.2) is 0 Å². The van der Waals surface area contributed by atoms with Gasteiger partial charge in [-0.25, -0.2) is 4.79 Å². The predicted octanol–water partition coefficient (Wildman–Crippen LogP) is 5.02. The van der Waals surface area contributed by atoms with E-state index in [1.807, 2.05) is 53.4 Å². The molecule has 0 aromatic heterocycles. The third kappa shape index (κ3) is 5.37. The van der Waals surface area contributed by atoms with Crippen molar-refractivity contribution in [1.29, 1.82) is 0 Å². The van der Waals surface area contributed by atoms with E-state index in [4.69, 9.17) is 17.3 Å². The molecular weight excluding hydrogens is 369 g/mol. The van der Waals surface area contributed by atoms with Gasteiger partial charge >= 0.3 is 6.03 Å². The third-order valence-electron chi connectivity index (χ3n) is 4.67. The first-order chi connectivity index (χ1) is 12.2. The first kappa shape index (κ1) is 20.6. The minimum Gasteiger partial charge on any atom is -0.330 e. The molecule has 26 heavy (non-hydrogen) atoms. The topological polar surface area (TPSA) is 58.4 Å². The Kier molecular flexibility index (Phi) is 7.76. The number of nitrogens with one attached hydrogen (secondary N) is 1. The molecule has 0 spiro atoms. The van der Waals surface area contributed by atoms with E-state index in [0.29, 0.717) is 17.5 Å². The minimum absolute atomic E-state index is 0. The molecule has 0 radical (unpaired) electrons. The number of benzene rings is 2. The van der Waals surface area contributed by atoms with Gasteiger partial charge in [-0.15, -0.1) is 12.4 Å². The van der Waals surface area contributed by atoms with Crippen LogP contribution >= 0.6 is 24.0 Å². The Morgan fingerprint density at radius 1 is 1.19 bits per heavy atom. The molecule has 1 aliphatic heterocycles. The maximum atomic E-state index is 12.6. The fourth-order valence-corrected chi connectivity index (χ4v) is 3.47. The van der Waals surface area contributed by atoms with Gasteiger partial charge < -0.3 is 16.0 Å². The molecule has 1 atom stereocenters. The predicted molar refractivity (Wildman–Crippen MR) is 111 cm³/mol. The van der Waals surface area contributed by atoms with E-state index in [1.165, 1.54) is 0 Å². The summed E-state index contributed by atoms with van der Waals surface area (Å²) in [6.45, 7) is 2.28. The molecule has 3 N–H and O–H groups in total. The van der Waals surface area contributed by atoms with Crippen molar-refractivity contribution in [2.24, 2.45) is 11.7 Å². The van der Waals surface area contributed by atoms with Gasteiger partial charge in [-0.2, -0.15) is 0 Å². The molecule has 0 aliphatic carbocycles. The van der Waals surface area contributed by atoms with E-state index in [-0.39, 0.29) is 18.4 Å². The van der Waals surface area contributed by atoms with Crippen molar-refractivity contribution in [3.05, 3.63) is 53.6 Å². The Labute approximate surface area is 166 Å². The highest BCUT2D eigenvalue weighted by Crippen LogP contribution is 2.25. The largest absolute Gasteiger partial charge is 0.330 e. The van der Waals surface area contributed by atoms with E-state index in [0.717, 1.165) is 49.2 Å². The Bertz CT molecular complexity index is 719. The Balaban J connectivity index is 0.00000243. The van der Waals surface area contributed by atoms with Crippen LogP contribution in [0.4, 0.5) is 10.5 Å². The SMILES string of the molecule is Cl.NCCC1CCCN(C(=O)Nc2cccc(-c3ccc(Cl)cc3)c2)C1. The summed E-state index contributed by atoms with van der Waals surface area (Å²) in [5.41, 5.74) is 8.58. The van der Waals surface area contributed by atoms with Crippen LogP contribution in [0.5, 0.6) is 0 Å². The summed E-state index contributed by atoms with van der Waals surface area (Å²) < 4.78 is 0. The first-order valence-electron chi connectivity index (χ1n) is 8.77. The molecule has 1 aliphatic rings. The van der Waals surface area contributed by atoms with Crippen molar-refractivity contribution in [1.82, 2.24) is 4.90 Å². The molecule has 3 rings (SSSR count). The molecule has 2 amide bonds. The average Bonchev–Trinajstić information content (AvgIpc) is 2.63. The van der Waals surface area contributed by atoms with Crippen LogP contribution in [0.3, 0.4) is 0 Å². The lowest BCUT2D eigenvalue weighted by Crippen LogP contribution is -2.42. The summed E-state index contributed by atoms with van der Waals surface area (Å²) in [6.07, 6.45) is 3.19. The number of hydrogen-bond donors (Lipinski definition) is 2. The number of amides is 2. The van der Waals surface area contributed by atoms with E-state index < -0.39 is 0 Å². The highest BCUT2D eigenvalue weighted by atomic mass is 35.5. The molecule has 1 fully saturated rings. The number of rotatable bonds is 4. The number of hydrogen-bond acceptors (Lipinski definition) is 2. The van der Waals surface area contributed by atoms with Crippen molar-refractivity contribution < 1.29 is 4.79 Å². The Morgan fingerprint density at radius 2 is 1.96 bits per heavy atom. The fraction of sp³-hybridized carbons (Fsp3) is 0.350. The van der Waals surface area contributed by atoms with Crippen LogP contribution in [0.25, 0.3) is 11.1 Å². The summed E-state index contributed by atoms with van der Waals surface area (Å²) in [4.78, 5) is 14.5. The highest BCUT2D eigenvalue weighted by Gasteiger charge is 2.23. The molecule has 2 aromatic rings. The van der Waals surface area contributed by atoms with Crippen LogP contribution in [0.1, 0.15) is 19.3 Å². The van der Waals surface area contributed by atoms with E-state index in [9.17, 15) is 4.79 Å². The minimum atomic E-state index is -0.0324. The number of nitrogens with two attached hydrogens (primary N) is 1. The number of nitrogens with zero attached hydrogens (tertiary/aromatic N) is 1. The molecule has 6 heteroatoms. The third-order valence-corrected chi connectivity index (χ3v) is 4.92. The summed E-state index contributed by atoms with van der Waals surface area (Å²) in [5, 5.41) is 3.74. The Morgan fingerprint density at radius 3 is 2.69 bits per heavy atom. The maximum absolute atomic E-state index is 12.6. The standard InChI is InChI=1S/C20H24ClN3O.ClH/c21-18-8-6-16(7-9-18)17-4-1-5-19(13-17)23-20(25)24-12-2-3-15(14-24)10-11-22;/h1,4-9,13,15H,2-3,10-12,14,22H2,(H,23,25);1H. The van der Waals surface area contributed by atoms with E-state index >= 15 is 0 Å². The first-order valence-corrected chi connectivity index (χ1v) is 9.15. The van der Waals surface area contributed by atoms with Crippen LogP contribution in [0.2, 0.25) is 5.02 Å². The molecule has 1 unspecified atom stereocenters. The molecule has 1 saturated heterocycles. The lowest BCUT2D eigenvalue weighted by atomic mass is 9.95. The van der Waals surface area contributed by atoms with Gasteiger partial charge in [0.2, 0.25) is 0 Å². The number of piperidine rings is 1. The van der Waals surface area contributed by atoms with Gasteiger partial charge in [0, 0.05) is 23.8 Å². The van der Waals surface area contributed by atoms with Crippen molar-refractivity contribution in [3.63, 3.8) is 0 Å². The van der Waals surface area contributed by atoms with Crippen LogP contribution in [0.15, 0.2) is 48.5 Å².